The highest BCUT2D eigenvalue weighted by atomic mass is 16.7. The van der Waals surface area contributed by atoms with Crippen molar-refractivity contribution in [3.63, 3.8) is 0 Å². The minimum absolute atomic E-state index is 0.0776. The number of esters is 1. The third-order valence-electron chi connectivity index (χ3n) is 15.5. The van der Waals surface area contributed by atoms with E-state index in [2.05, 4.69) is 148 Å². The molecule has 1 heterocycles. The molecule has 0 spiro atoms. The normalized spacial score (nSPS) is 19.1. The highest BCUT2D eigenvalue weighted by molar-refractivity contribution is 5.80. The van der Waals surface area contributed by atoms with E-state index in [9.17, 15) is 35.1 Å². The molecule has 0 radical (unpaired) electrons. The number of ether oxygens (including phenoxy) is 3. The summed E-state index contributed by atoms with van der Waals surface area (Å²) in [5.74, 6) is -1.24. The third kappa shape index (κ3) is 49.3. The van der Waals surface area contributed by atoms with E-state index in [4.69, 9.17) is 14.2 Å². The lowest BCUT2D eigenvalue weighted by Gasteiger charge is -2.41. The van der Waals surface area contributed by atoms with Gasteiger partial charge in [-0.2, -0.15) is 0 Å². The highest BCUT2D eigenvalue weighted by Crippen LogP contribution is 2.26. The van der Waals surface area contributed by atoms with Gasteiger partial charge < -0.3 is 45.1 Å². The third-order valence-corrected chi connectivity index (χ3v) is 15.5. The second-order valence-corrected chi connectivity index (χ2v) is 23.5. The van der Waals surface area contributed by atoms with Crippen LogP contribution in [-0.2, 0) is 23.8 Å². The van der Waals surface area contributed by atoms with Crippen molar-refractivity contribution in [2.45, 2.75) is 320 Å². The van der Waals surface area contributed by atoms with E-state index >= 15 is 0 Å². The van der Waals surface area contributed by atoms with Crippen LogP contribution in [0.5, 0.6) is 0 Å². The quantitative estimate of drug-likeness (QED) is 0.0195. The first-order valence-electron chi connectivity index (χ1n) is 35.0. The molecule has 1 rings (SSSR count). The zero-order valence-electron chi connectivity index (χ0n) is 55.1. The average Bonchev–Trinajstić information content (AvgIpc) is 1.52. The van der Waals surface area contributed by atoms with Crippen LogP contribution in [0, 0.1) is 0 Å². The van der Waals surface area contributed by atoms with Crippen LogP contribution in [0.4, 0.5) is 0 Å². The lowest BCUT2D eigenvalue weighted by Crippen LogP contribution is -2.61. The monoisotopic (exact) mass is 1210 g/mol. The van der Waals surface area contributed by atoms with Crippen molar-refractivity contribution in [2.75, 3.05) is 13.2 Å². The molecule has 0 bridgehead atoms. The number of carbonyl (C=O) groups is 2. The van der Waals surface area contributed by atoms with Crippen molar-refractivity contribution in [2.24, 2.45) is 0 Å². The highest BCUT2D eigenvalue weighted by Gasteiger charge is 2.47. The van der Waals surface area contributed by atoms with Crippen LogP contribution in [-0.4, -0.2) is 99.6 Å². The van der Waals surface area contributed by atoms with Crippen molar-refractivity contribution in [1.29, 1.82) is 0 Å². The lowest BCUT2D eigenvalue weighted by molar-refractivity contribution is -0.305. The summed E-state index contributed by atoms with van der Waals surface area (Å²) in [5, 5.41) is 57.2. The summed E-state index contributed by atoms with van der Waals surface area (Å²) in [7, 11) is 0. The average molecular weight is 1210 g/mol. The Morgan fingerprint density at radius 2 is 0.828 bits per heavy atom. The molecule has 496 valence electrons. The molecule has 1 fully saturated rings. The minimum Gasteiger partial charge on any atom is -0.454 e. The van der Waals surface area contributed by atoms with E-state index in [-0.39, 0.29) is 19.4 Å². The van der Waals surface area contributed by atoms with E-state index in [0.717, 1.165) is 135 Å². The molecule has 0 aromatic heterocycles. The number of hydrogen-bond acceptors (Lipinski definition) is 10. The zero-order valence-corrected chi connectivity index (χ0v) is 55.1. The molecule has 8 atom stereocenters. The maximum absolute atomic E-state index is 13.5. The predicted molar refractivity (Wildman–Crippen MR) is 365 cm³/mol. The maximum Gasteiger partial charge on any atom is 0.306 e. The summed E-state index contributed by atoms with van der Waals surface area (Å²) in [6.45, 7) is 5.55. The standard InChI is InChI=1S/C76H127NO10/c1-4-7-10-13-16-19-22-25-27-29-31-32-33-34-35-36-37-39-40-42-45-48-51-54-57-60-63-69(80)75(84)77-67(68(79)62-59-56-53-50-47-44-24-21-18-15-12-9-6-3)66-85-76-74(73(83)72(82)70(65-78)86-76)87-71(81)64-61-58-55-52-49-46-43-41-38-30-28-26-23-20-17-14-11-8-5-2/h7-8,10-11,16-17,19-20,25-28,31-32,34-35,38,41,46,49,59,62,67-70,72-74,76,78-80,82-83H,4-6,9,12-15,18,21-24,29-30,33,36-37,39-40,42-45,47-48,50-58,60-61,63-66H2,1-3H3,(H,77,84)/b10-7-,11-8-,19-16-,20-17-,27-25-,28-26-,32-31-,35-34-,41-38-,49-46-,62-59+. The summed E-state index contributed by atoms with van der Waals surface area (Å²) >= 11 is 0. The smallest absolute Gasteiger partial charge is 0.306 e. The number of amides is 1. The van der Waals surface area contributed by atoms with Gasteiger partial charge in [0.05, 0.1) is 25.4 Å². The molecular weight excluding hydrogens is 1090 g/mol. The zero-order chi connectivity index (χ0) is 63.1. The number of aliphatic hydroxyl groups is 5. The van der Waals surface area contributed by atoms with Gasteiger partial charge in [-0.1, -0.05) is 283 Å². The molecule has 0 aromatic rings. The maximum atomic E-state index is 13.5. The Morgan fingerprint density at radius 3 is 1.24 bits per heavy atom. The number of hydrogen-bond donors (Lipinski definition) is 6. The van der Waals surface area contributed by atoms with Crippen LogP contribution < -0.4 is 5.32 Å². The molecular formula is C76H127NO10. The van der Waals surface area contributed by atoms with Crippen molar-refractivity contribution in [3.8, 4) is 0 Å². The molecule has 0 aromatic carbocycles. The van der Waals surface area contributed by atoms with Gasteiger partial charge >= 0.3 is 5.97 Å². The van der Waals surface area contributed by atoms with E-state index in [0.29, 0.717) is 12.8 Å². The van der Waals surface area contributed by atoms with E-state index < -0.39 is 67.4 Å². The Hall–Kier alpha value is -4.20. The molecule has 0 saturated carbocycles. The van der Waals surface area contributed by atoms with Crippen molar-refractivity contribution >= 4 is 11.9 Å². The Morgan fingerprint density at radius 1 is 0.460 bits per heavy atom. The minimum atomic E-state index is -1.64. The van der Waals surface area contributed by atoms with Gasteiger partial charge in [-0.15, -0.1) is 0 Å². The Balaban J connectivity index is 2.63. The molecule has 0 aliphatic carbocycles. The number of allylic oxidation sites excluding steroid dienone is 21. The molecule has 1 aliphatic heterocycles. The summed E-state index contributed by atoms with van der Waals surface area (Å²) in [6, 6.07) is -1.04. The Bertz CT molecular complexity index is 1930. The van der Waals surface area contributed by atoms with Gasteiger partial charge in [-0.3, -0.25) is 9.59 Å². The molecule has 1 amide bonds. The first-order valence-corrected chi connectivity index (χ1v) is 35.0. The fourth-order valence-corrected chi connectivity index (χ4v) is 10.1. The summed E-state index contributed by atoms with van der Waals surface area (Å²) < 4.78 is 17.6. The summed E-state index contributed by atoms with van der Waals surface area (Å²) in [4.78, 5) is 26.7. The SMILES string of the molecule is CC/C=C\C/C=C\C/C=C\C/C=C\C/C=C\CCCCCCCCCCCCC(O)C(=O)NC(COC1OC(CO)C(O)C(O)C1OC(=O)CCCCC/C=C\C/C=C\C/C=C\C/C=C\C/C=C\CC)C(O)/C=C/CCCCCCCCCCCCC. The summed E-state index contributed by atoms with van der Waals surface area (Å²) in [6.07, 6.45) is 77.7. The first kappa shape index (κ1) is 80.8. The van der Waals surface area contributed by atoms with Crippen LogP contribution in [0.25, 0.3) is 0 Å². The van der Waals surface area contributed by atoms with Crippen molar-refractivity contribution < 1.29 is 49.3 Å². The molecule has 87 heavy (non-hydrogen) atoms. The van der Waals surface area contributed by atoms with Gasteiger partial charge in [0.15, 0.2) is 12.4 Å². The number of rotatable bonds is 58. The Labute approximate surface area is 531 Å². The number of carbonyl (C=O) groups excluding carboxylic acids is 2. The number of aliphatic hydroxyl groups excluding tert-OH is 5. The lowest BCUT2D eigenvalue weighted by atomic mass is 9.99. The Kier molecular flexibility index (Phi) is 57.6. The fourth-order valence-electron chi connectivity index (χ4n) is 10.1. The van der Waals surface area contributed by atoms with Crippen molar-refractivity contribution in [1.82, 2.24) is 5.32 Å². The number of nitrogens with one attached hydrogen (secondary N) is 1. The molecule has 11 nitrogen and oxygen atoms in total. The van der Waals surface area contributed by atoms with Gasteiger partial charge in [0.1, 0.15) is 24.4 Å². The van der Waals surface area contributed by atoms with Gasteiger partial charge in [0.25, 0.3) is 0 Å². The first-order chi connectivity index (χ1) is 42.7. The largest absolute Gasteiger partial charge is 0.454 e. The van der Waals surface area contributed by atoms with E-state index in [1.54, 1.807) is 6.08 Å². The van der Waals surface area contributed by atoms with Crippen molar-refractivity contribution in [3.05, 3.63) is 134 Å². The van der Waals surface area contributed by atoms with Crippen LogP contribution >= 0.6 is 0 Å². The summed E-state index contributed by atoms with van der Waals surface area (Å²) in [5.41, 5.74) is 0. The second kappa shape index (κ2) is 62.0. The van der Waals surface area contributed by atoms with Crippen LogP contribution in [0.2, 0.25) is 0 Å². The molecule has 8 unspecified atom stereocenters. The molecule has 1 saturated heterocycles. The molecule has 11 heteroatoms. The predicted octanol–water partition coefficient (Wildman–Crippen LogP) is 18.0. The topological polar surface area (TPSA) is 175 Å². The second-order valence-electron chi connectivity index (χ2n) is 23.5. The fraction of sp³-hybridized carbons (Fsp3) is 0.684. The van der Waals surface area contributed by atoms with Crippen LogP contribution in [0.15, 0.2) is 134 Å². The van der Waals surface area contributed by atoms with E-state index in [1.165, 1.54) is 89.9 Å². The van der Waals surface area contributed by atoms with E-state index in [1.807, 2.05) is 6.08 Å². The van der Waals surface area contributed by atoms with Gasteiger partial charge in [0, 0.05) is 6.42 Å². The van der Waals surface area contributed by atoms with Gasteiger partial charge in [0.2, 0.25) is 5.91 Å². The number of unbranched alkanes of at least 4 members (excludes halogenated alkanes) is 24. The van der Waals surface area contributed by atoms with Crippen LogP contribution in [0.1, 0.15) is 271 Å². The molecule has 1 aliphatic rings. The van der Waals surface area contributed by atoms with Crippen LogP contribution in [0.3, 0.4) is 0 Å². The van der Waals surface area contributed by atoms with Gasteiger partial charge in [-0.05, 0) is 116 Å². The molecule has 6 N–H and O–H groups in total. The van der Waals surface area contributed by atoms with Gasteiger partial charge in [-0.25, -0.2) is 0 Å².